The molecular weight excluding hydrogens is 194 g/mol. The summed E-state index contributed by atoms with van der Waals surface area (Å²) in [6, 6.07) is 0. The number of hydrogen-bond acceptors (Lipinski definition) is 3. The van der Waals surface area contributed by atoms with Crippen molar-refractivity contribution in [2.45, 2.75) is 20.8 Å². The first-order valence-corrected chi connectivity index (χ1v) is 4.83. The number of nitrogens with zero attached hydrogens (tertiary/aromatic N) is 1. The summed E-state index contributed by atoms with van der Waals surface area (Å²) >= 11 is 0. The molecule has 0 aliphatic rings. The number of rotatable bonds is 4. The van der Waals surface area contributed by atoms with Crippen molar-refractivity contribution in [1.29, 1.82) is 0 Å². The van der Waals surface area contributed by atoms with E-state index in [1.165, 1.54) is 6.20 Å². The maximum atomic E-state index is 11.5. The van der Waals surface area contributed by atoms with Crippen molar-refractivity contribution in [2.24, 2.45) is 5.92 Å². The molecule has 0 unspecified atom stereocenters. The third-order valence-corrected chi connectivity index (χ3v) is 2.14. The van der Waals surface area contributed by atoms with Gasteiger partial charge in [0.15, 0.2) is 5.78 Å². The Morgan fingerprint density at radius 1 is 1.53 bits per heavy atom. The minimum atomic E-state index is -0.268. The van der Waals surface area contributed by atoms with Crippen LogP contribution in [-0.2, 0) is 4.79 Å². The van der Waals surface area contributed by atoms with E-state index in [0.717, 1.165) is 0 Å². The number of aryl methyl sites for hydroxylation is 1. The number of ketones is 1. The lowest BCUT2D eigenvalue weighted by molar-refractivity contribution is -0.120. The Balaban J connectivity index is 2.51. The minimum Gasteiger partial charge on any atom is -0.345 e. The maximum absolute atomic E-state index is 11.5. The molecule has 15 heavy (non-hydrogen) atoms. The van der Waals surface area contributed by atoms with E-state index in [1.807, 2.05) is 0 Å². The second-order valence-corrected chi connectivity index (χ2v) is 3.71. The lowest BCUT2D eigenvalue weighted by Gasteiger charge is -2.05. The van der Waals surface area contributed by atoms with Crippen molar-refractivity contribution in [1.82, 2.24) is 15.5 Å². The summed E-state index contributed by atoms with van der Waals surface area (Å²) in [5.74, 6) is -0.310. The smallest absolute Gasteiger partial charge is 0.255 e. The fourth-order valence-corrected chi connectivity index (χ4v) is 1.05. The molecule has 0 spiro atoms. The first kappa shape index (κ1) is 11.4. The molecule has 82 valence electrons. The predicted octanol–water partition coefficient (Wildman–Crippen LogP) is 0.673. The van der Waals surface area contributed by atoms with Gasteiger partial charge < -0.3 is 5.32 Å². The number of amides is 1. The molecule has 0 aliphatic carbocycles. The second-order valence-electron chi connectivity index (χ2n) is 3.71. The normalized spacial score (nSPS) is 10.4. The Kier molecular flexibility index (Phi) is 3.60. The van der Waals surface area contributed by atoms with Gasteiger partial charge in [-0.1, -0.05) is 13.8 Å². The molecule has 2 N–H and O–H groups in total. The highest BCUT2D eigenvalue weighted by atomic mass is 16.2. The second kappa shape index (κ2) is 4.72. The van der Waals surface area contributed by atoms with Crippen molar-refractivity contribution in [3.63, 3.8) is 0 Å². The molecule has 0 radical (unpaired) electrons. The Labute approximate surface area is 88.3 Å². The van der Waals surface area contributed by atoms with E-state index >= 15 is 0 Å². The van der Waals surface area contributed by atoms with E-state index in [4.69, 9.17) is 0 Å². The summed E-state index contributed by atoms with van der Waals surface area (Å²) < 4.78 is 0. The number of aromatic amines is 1. The molecule has 0 saturated heterocycles. The van der Waals surface area contributed by atoms with Crippen LogP contribution in [0.2, 0.25) is 0 Å². The van der Waals surface area contributed by atoms with Crippen LogP contribution in [0.25, 0.3) is 0 Å². The van der Waals surface area contributed by atoms with Crippen LogP contribution in [-0.4, -0.2) is 28.4 Å². The quantitative estimate of drug-likeness (QED) is 0.765. The average Bonchev–Trinajstić information content (AvgIpc) is 2.60. The molecule has 5 heteroatoms. The minimum absolute atomic E-state index is 0.0181. The number of nitrogens with one attached hydrogen (secondary N) is 2. The summed E-state index contributed by atoms with van der Waals surface area (Å²) in [7, 11) is 0. The van der Waals surface area contributed by atoms with E-state index in [1.54, 1.807) is 20.8 Å². The molecular formula is C10H15N3O2. The molecule has 0 aromatic carbocycles. The van der Waals surface area contributed by atoms with Gasteiger partial charge in [0.1, 0.15) is 0 Å². The lowest BCUT2D eigenvalue weighted by atomic mass is 10.1. The topological polar surface area (TPSA) is 74.8 Å². The monoisotopic (exact) mass is 209 g/mol. The molecule has 1 heterocycles. The summed E-state index contributed by atoms with van der Waals surface area (Å²) in [6.45, 7) is 5.43. The standard InChI is InChI=1S/C10H15N3O2/c1-6(2)9(14)5-11-10(15)8-4-12-13-7(8)3/h4,6H,5H2,1-3H3,(H,11,15)(H,12,13). The van der Waals surface area contributed by atoms with Crippen LogP contribution >= 0.6 is 0 Å². The first-order valence-electron chi connectivity index (χ1n) is 4.83. The van der Waals surface area contributed by atoms with E-state index in [9.17, 15) is 9.59 Å². The van der Waals surface area contributed by atoms with Crippen LogP contribution in [0.15, 0.2) is 6.20 Å². The van der Waals surface area contributed by atoms with E-state index < -0.39 is 0 Å². The maximum Gasteiger partial charge on any atom is 0.255 e. The number of carbonyl (C=O) groups excluding carboxylic acids is 2. The molecule has 0 aliphatic heterocycles. The molecule has 1 aromatic rings. The van der Waals surface area contributed by atoms with Crippen LogP contribution in [0, 0.1) is 12.8 Å². The van der Waals surface area contributed by atoms with E-state index in [0.29, 0.717) is 11.3 Å². The van der Waals surface area contributed by atoms with Gasteiger partial charge in [-0.3, -0.25) is 14.7 Å². The highest BCUT2D eigenvalue weighted by Crippen LogP contribution is 2.01. The fourth-order valence-electron chi connectivity index (χ4n) is 1.05. The Morgan fingerprint density at radius 3 is 2.67 bits per heavy atom. The van der Waals surface area contributed by atoms with Crippen molar-refractivity contribution >= 4 is 11.7 Å². The van der Waals surface area contributed by atoms with Gasteiger partial charge in [-0.15, -0.1) is 0 Å². The number of aromatic nitrogens is 2. The van der Waals surface area contributed by atoms with Crippen molar-refractivity contribution in [2.75, 3.05) is 6.54 Å². The van der Waals surface area contributed by atoms with Crippen molar-refractivity contribution in [3.05, 3.63) is 17.5 Å². The van der Waals surface area contributed by atoms with E-state index in [2.05, 4.69) is 15.5 Å². The predicted molar refractivity (Wildman–Crippen MR) is 55.5 cm³/mol. The van der Waals surface area contributed by atoms with Crippen LogP contribution in [0.4, 0.5) is 0 Å². The zero-order chi connectivity index (χ0) is 11.4. The Bertz CT molecular complexity index is 368. The van der Waals surface area contributed by atoms with Crippen LogP contribution in [0.5, 0.6) is 0 Å². The van der Waals surface area contributed by atoms with Crippen LogP contribution < -0.4 is 5.32 Å². The van der Waals surface area contributed by atoms with Gasteiger partial charge in [-0.05, 0) is 6.92 Å². The van der Waals surface area contributed by atoms with Gasteiger partial charge in [0.05, 0.1) is 18.3 Å². The highest BCUT2D eigenvalue weighted by Gasteiger charge is 2.13. The molecule has 0 bridgehead atoms. The molecule has 0 fully saturated rings. The number of carbonyl (C=O) groups is 2. The Hall–Kier alpha value is -1.65. The summed E-state index contributed by atoms with van der Waals surface area (Å²) in [5.41, 5.74) is 1.18. The van der Waals surface area contributed by atoms with Gasteiger partial charge in [0, 0.05) is 11.6 Å². The lowest BCUT2D eigenvalue weighted by Crippen LogP contribution is -2.31. The summed E-state index contributed by atoms with van der Waals surface area (Å²) in [6.07, 6.45) is 1.45. The largest absolute Gasteiger partial charge is 0.345 e. The molecule has 5 nitrogen and oxygen atoms in total. The number of Topliss-reactive ketones (excluding diaryl/α,β-unsaturated/α-hetero) is 1. The van der Waals surface area contributed by atoms with Gasteiger partial charge in [0.25, 0.3) is 5.91 Å². The molecule has 1 rings (SSSR count). The molecule has 0 atom stereocenters. The molecule has 1 aromatic heterocycles. The number of H-pyrrole nitrogens is 1. The summed E-state index contributed by atoms with van der Waals surface area (Å²) in [4.78, 5) is 22.8. The molecule has 0 saturated carbocycles. The third-order valence-electron chi connectivity index (χ3n) is 2.14. The van der Waals surface area contributed by atoms with Gasteiger partial charge in [-0.25, -0.2) is 0 Å². The Morgan fingerprint density at radius 2 is 2.20 bits per heavy atom. The van der Waals surface area contributed by atoms with Gasteiger partial charge in [0.2, 0.25) is 0 Å². The van der Waals surface area contributed by atoms with Crippen molar-refractivity contribution < 1.29 is 9.59 Å². The zero-order valence-corrected chi connectivity index (χ0v) is 9.13. The van der Waals surface area contributed by atoms with Crippen LogP contribution in [0.1, 0.15) is 29.9 Å². The van der Waals surface area contributed by atoms with Gasteiger partial charge >= 0.3 is 0 Å². The highest BCUT2D eigenvalue weighted by molar-refractivity contribution is 5.97. The van der Waals surface area contributed by atoms with E-state index in [-0.39, 0.29) is 24.2 Å². The fraction of sp³-hybridized carbons (Fsp3) is 0.500. The summed E-state index contributed by atoms with van der Waals surface area (Å²) in [5, 5.41) is 8.96. The SMILES string of the molecule is Cc1[nH]ncc1C(=O)NCC(=O)C(C)C. The number of hydrogen-bond donors (Lipinski definition) is 2. The van der Waals surface area contributed by atoms with Crippen LogP contribution in [0.3, 0.4) is 0 Å². The van der Waals surface area contributed by atoms with Crippen molar-refractivity contribution in [3.8, 4) is 0 Å². The third kappa shape index (κ3) is 2.90. The average molecular weight is 209 g/mol. The van der Waals surface area contributed by atoms with Gasteiger partial charge in [-0.2, -0.15) is 5.10 Å². The molecule has 1 amide bonds. The first-order chi connectivity index (χ1) is 7.02. The zero-order valence-electron chi connectivity index (χ0n) is 9.13.